The first-order chi connectivity index (χ1) is 14.1. The fraction of sp³-hybridized carbons (Fsp3) is 0. The number of para-hydroxylation sites is 2. The second-order valence-corrected chi connectivity index (χ2v) is 7.39. The number of primary amides is 1. The number of amides is 2. The normalized spacial score (nSPS) is 11.2. The summed E-state index contributed by atoms with van der Waals surface area (Å²) in [7, 11) is -4.97. The lowest BCUT2D eigenvalue weighted by Gasteiger charge is -2.21. The predicted octanol–water partition coefficient (Wildman–Crippen LogP) is 4.37. The van der Waals surface area contributed by atoms with Gasteiger partial charge in [-0.25, -0.2) is 28.0 Å². The van der Waals surface area contributed by atoms with Gasteiger partial charge in [0.2, 0.25) is 0 Å². The van der Waals surface area contributed by atoms with Gasteiger partial charge in [0.15, 0.2) is 5.75 Å². The highest BCUT2D eigenvalue weighted by Gasteiger charge is 2.26. The van der Waals surface area contributed by atoms with Gasteiger partial charge >= 0.3 is 13.9 Å². The average Bonchev–Trinajstić information content (AvgIpc) is 2.65. The number of anilines is 2. The SMILES string of the molecule is NC(=O)N(c1cccc(-c2cccc(Cl)c2OP(=O)(O)O)n1)c1c(F)cccc1F. The van der Waals surface area contributed by atoms with E-state index >= 15 is 0 Å². The summed E-state index contributed by atoms with van der Waals surface area (Å²) in [6, 6.07) is 10.1. The number of phosphoric ester groups is 1. The first kappa shape index (κ1) is 21.7. The number of pyridine rings is 1. The Kier molecular flexibility index (Phi) is 6.04. The Morgan fingerprint density at radius 1 is 1.07 bits per heavy atom. The number of rotatable bonds is 5. The molecule has 0 unspecified atom stereocenters. The van der Waals surface area contributed by atoms with E-state index in [1.54, 1.807) is 0 Å². The van der Waals surface area contributed by atoms with Gasteiger partial charge in [0.1, 0.15) is 23.1 Å². The fourth-order valence-corrected chi connectivity index (χ4v) is 3.36. The number of hydrogen-bond donors (Lipinski definition) is 3. The molecule has 1 heterocycles. The van der Waals surface area contributed by atoms with Crippen LogP contribution in [0.4, 0.5) is 25.1 Å². The molecule has 0 radical (unpaired) electrons. The summed E-state index contributed by atoms with van der Waals surface area (Å²) in [4.78, 5) is 35.0. The van der Waals surface area contributed by atoms with Crippen LogP contribution in [-0.4, -0.2) is 20.8 Å². The summed E-state index contributed by atoms with van der Waals surface area (Å²) < 4.78 is 44.4. The minimum absolute atomic E-state index is 0.0430. The van der Waals surface area contributed by atoms with Crippen LogP contribution < -0.4 is 15.2 Å². The molecule has 0 saturated carbocycles. The van der Waals surface area contributed by atoms with Crippen molar-refractivity contribution in [3.05, 3.63) is 71.3 Å². The van der Waals surface area contributed by atoms with Gasteiger partial charge in [0, 0.05) is 5.56 Å². The van der Waals surface area contributed by atoms with Gasteiger partial charge in [-0.15, -0.1) is 0 Å². The highest BCUT2D eigenvalue weighted by molar-refractivity contribution is 7.46. The number of urea groups is 1. The molecular formula is C18H13ClF2N3O5P. The molecular weight excluding hydrogens is 443 g/mol. The van der Waals surface area contributed by atoms with Crippen LogP contribution in [0, 0.1) is 11.6 Å². The summed E-state index contributed by atoms with van der Waals surface area (Å²) in [5, 5.41) is -0.116. The van der Waals surface area contributed by atoms with Crippen molar-refractivity contribution in [1.29, 1.82) is 0 Å². The molecule has 0 saturated heterocycles. The number of hydrogen-bond acceptors (Lipinski definition) is 4. The molecule has 2 aromatic carbocycles. The Morgan fingerprint density at radius 3 is 2.27 bits per heavy atom. The maximum Gasteiger partial charge on any atom is 0.524 e. The Bertz CT molecular complexity index is 1150. The molecule has 4 N–H and O–H groups in total. The van der Waals surface area contributed by atoms with E-state index in [-0.39, 0.29) is 27.8 Å². The van der Waals surface area contributed by atoms with Crippen molar-refractivity contribution in [1.82, 2.24) is 4.98 Å². The van der Waals surface area contributed by atoms with E-state index in [0.717, 1.165) is 18.2 Å². The molecule has 0 atom stereocenters. The standard InChI is InChI=1S/C18H13ClF2N3O5P/c19-11-5-1-4-10(17(11)29-30(26,27)28)14-8-3-9-15(23-14)24(18(22)25)16-12(20)6-2-7-13(16)21/h1-9H,(H2,22,25)(H2,26,27,28). The second kappa shape index (κ2) is 8.37. The molecule has 0 aliphatic heterocycles. The molecule has 156 valence electrons. The van der Waals surface area contributed by atoms with Crippen LogP contribution in [0.25, 0.3) is 11.3 Å². The van der Waals surface area contributed by atoms with Crippen molar-refractivity contribution in [2.24, 2.45) is 5.73 Å². The molecule has 0 aliphatic carbocycles. The van der Waals surface area contributed by atoms with E-state index in [9.17, 15) is 18.1 Å². The lowest BCUT2D eigenvalue weighted by atomic mass is 10.1. The monoisotopic (exact) mass is 455 g/mol. The smallest absolute Gasteiger partial charge is 0.402 e. The Labute approximate surface area is 173 Å². The Balaban J connectivity index is 2.17. The van der Waals surface area contributed by atoms with Crippen LogP contribution >= 0.6 is 19.4 Å². The molecule has 0 spiro atoms. The van der Waals surface area contributed by atoms with Gasteiger partial charge in [-0.05, 0) is 36.4 Å². The predicted molar refractivity (Wildman–Crippen MR) is 105 cm³/mol. The van der Waals surface area contributed by atoms with Gasteiger partial charge in [0.05, 0.1) is 10.7 Å². The third kappa shape index (κ3) is 4.58. The zero-order valence-corrected chi connectivity index (χ0v) is 16.5. The topological polar surface area (TPSA) is 126 Å². The third-order valence-corrected chi connectivity index (χ3v) is 4.52. The number of carbonyl (C=O) groups is 1. The van der Waals surface area contributed by atoms with Gasteiger partial charge in [-0.3, -0.25) is 9.79 Å². The average molecular weight is 456 g/mol. The number of halogens is 3. The Hall–Kier alpha value is -3.04. The van der Waals surface area contributed by atoms with Gasteiger partial charge in [-0.2, -0.15) is 0 Å². The lowest BCUT2D eigenvalue weighted by Crippen LogP contribution is -2.33. The molecule has 0 aliphatic rings. The highest BCUT2D eigenvalue weighted by atomic mass is 35.5. The van der Waals surface area contributed by atoms with Crippen LogP contribution in [0.5, 0.6) is 5.75 Å². The molecule has 3 rings (SSSR count). The first-order valence-electron chi connectivity index (χ1n) is 8.13. The van der Waals surface area contributed by atoms with E-state index in [1.807, 2.05) is 0 Å². The van der Waals surface area contributed by atoms with Crippen LogP contribution in [0.1, 0.15) is 0 Å². The maximum atomic E-state index is 14.2. The molecule has 1 aromatic heterocycles. The number of benzene rings is 2. The van der Waals surface area contributed by atoms with Gasteiger partial charge in [0.25, 0.3) is 0 Å². The van der Waals surface area contributed by atoms with Crippen molar-refractivity contribution in [2.75, 3.05) is 4.90 Å². The van der Waals surface area contributed by atoms with E-state index in [1.165, 1.54) is 36.4 Å². The van der Waals surface area contributed by atoms with E-state index in [2.05, 4.69) is 9.51 Å². The summed E-state index contributed by atoms with van der Waals surface area (Å²) in [6.07, 6.45) is 0. The van der Waals surface area contributed by atoms with Crippen LogP contribution in [0.2, 0.25) is 5.02 Å². The third-order valence-electron chi connectivity index (χ3n) is 3.80. The van der Waals surface area contributed by atoms with E-state index in [4.69, 9.17) is 27.1 Å². The van der Waals surface area contributed by atoms with Crippen molar-refractivity contribution in [3.63, 3.8) is 0 Å². The van der Waals surface area contributed by atoms with E-state index in [0.29, 0.717) is 4.90 Å². The largest absolute Gasteiger partial charge is 0.524 e. The number of carbonyl (C=O) groups excluding carboxylic acids is 1. The summed E-state index contributed by atoms with van der Waals surface area (Å²) in [5.41, 5.74) is 4.70. The van der Waals surface area contributed by atoms with Gasteiger partial charge < -0.3 is 10.3 Å². The van der Waals surface area contributed by atoms with Crippen molar-refractivity contribution >= 4 is 37.0 Å². The zero-order valence-electron chi connectivity index (χ0n) is 14.9. The van der Waals surface area contributed by atoms with Crippen molar-refractivity contribution < 1.29 is 32.5 Å². The van der Waals surface area contributed by atoms with Crippen molar-refractivity contribution in [3.8, 4) is 17.0 Å². The van der Waals surface area contributed by atoms with Gasteiger partial charge in [-0.1, -0.05) is 29.8 Å². The summed E-state index contributed by atoms with van der Waals surface area (Å²) in [6.45, 7) is 0. The number of nitrogens with zero attached hydrogens (tertiary/aromatic N) is 2. The van der Waals surface area contributed by atoms with E-state index < -0.39 is 31.2 Å². The Morgan fingerprint density at radius 2 is 1.67 bits per heavy atom. The number of aromatic nitrogens is 1. The zero-order chi connectivity index (χ0) is 22.1. The highest BCUT2D eigenvalue weighted by Crippen LogP contribution is 2.45. The summed E-state index contributed by atoms with van der Waals surface area (Å²) in [5.74, 6) is -2.70. The lowest BCUT2D eigenvalue weighted by molar-refractivity contribution is 0.255. The molecule has 2 amide bonds. The summed E-state index contributed by atoms with van der Waals surface area (Å²) >= 11 is 6.00. The van der Waals surface area contributed by atoms with Crippen LogP contribution in [-0.2, 0) is 4.57 Å². The quantitative estimate of drug-likeness (QED) is 0.490. The fourth-order valence-electron chi connectivity index (χ4n) is 2.66. The molecule has 0 fully saturated rings. The second-order valence-electron chi connectivity index (χ2n) is 5.82. The molecule has 8 nitrogen and oxygen atoms in total. The van der Waals surface area contributed by atoms with Crippen LogP contribution in [0.3, 0.4) is 0 Å². The maximum absolute atomic E-state index is 14.2. The van der Waals surface area contributed by atoms with Crippen LogP contribution in [0.15, 0.2) is 54.6 Å². The number of phosphoric acid groups is 1. The first-order valence-corrected chi connectivity index (χ1v) is 10.0. The minimum atomic E-state index is -4.97. The molecule has 0 bridgehead atoms. The molecule has 30 heavy (non-hydrogen) atoms. The van der Waals surface area contributed by atoms with Crippen molar-refractivity contribution in [2.45, 2.75) is 0 Å². The number of nitrogens with two attached hydrogens (primary N) is 1. The minimum Gasteiger partial charge on any atom is -0.402 e. The molecule has 3 aromatic rings. The molecule has 12 heteroatoms.